The number of oxazole rings is 1. The van der Waals surface area contributed by atoms with Crippen LogP contribution in [0.3, 0.4) is 0 Å². The summed E-state index contributed by atoms with van der Waals surface area (Å²) in [6.07, 6.45) is 0.303. The quantitative estimate of drug-likeness (QED) is 0.865. The topological polar surface area (TPSA) is 38.5 Å². The number of hydrogen-bond acceptors (Lipinski definition) is 5. The highest BCUT2D eigenvalue weighted by Gasteiger charge is 2.20. The van der Waals surface area contributed by atoms with E-state index in [4.69, 9.17) is 9.15 Å². The molecular weight excluding hydrogens is 260 g/mol. The zero-order valence-electron chi connectivity index (χ0n) is 11.3. The molecule has 19 heavy (non-hydrogen) atoms. The lowest BCUT2D eigenvalue weighted by Crippen LogP contribution is -2.40. The van der Waals surface area contributed by atoms with Crippen molar-refractivity contribution in [2.24, 2.45) is 0 Å². The Balaban J connectivity index is 1.74. The molecule has 0 bridgehead atoms. The van der Waals surface area contributed by atoms with Crippen molar-refractivity contribution in [1.29, 1.82) is 0 Å². The molecule has 0 N–H and O–H groups in total. The van der Waals surface area contributed by atoms with Crippen LogP contribution in [0.2, 0.25) is 0 Å². The second-order valence-corrected chi connectivity index (χ2v) is 5.86. The first-order valence-corrected chi connectivity index (χ1v) is 7.44. The first kappa shape index (κ1) is 12.8. The second kappa shape index (κ2) is 5.45. The van der Waals surface area contributed by atoms with Crippen molar-refractivity contribution in [2.45, 2.75) is 26.5 Å². The Kier molecular flexibility index (Phi) is 3.68. The largest absolute Gasteiger partial charge is 0.440 e. The summed E-state index contributed by atoms with van der Waals surface area (Å²) in [4.78, 5) is 8.09. The predicted octanol–water partition coefficient (Wildman–Crippen LogP) is 2.93. The van der Waals surface area contributed by atoms with E-state index in [2.05, 4.69) is 16.8 Å². The van der Waals surface area contributed by atoms with Gasteiger partial charge in [0.2, 0.25) is 5.89 Å². The fourth-order valence-corrected chi connectivity index (χ4v) is 2.98. The number of morpholine rings is 1. The SMILES string of the molecule is Cc1oc(-c2cccs2)nc1CN1CCO[C@H](C)C1. The molecule has 2 aromatic heterocycles. The Morgan fingerprint density at radius 2 is 2.42 bits per heavy atom. The maximum Gasteiger partial charge on any atom is 0.236 e. The average molecular weight is 278 g/mol. The van der Waals surface area contributed by atoms with Crippen LogP contribution in [0.1, 0.15) is 18.4 Å². The Morgan fingerprint density at radius 1 is 1.53 bits per heavy atom. The van der Waals surface area contributed by atoms with Crippen molar-refractivity contribution < 1.29 is 9.15 Å². The van der Waals surface area contributed by atoms with Crippen LogP contribution in [0.15, 0.2) is 21.9 Å². The van der Waals surface area contributed by atoms with E-state index in [1.807, 2.05) is 24.4 Å². The van der Waals surface area contributed by atoms with Gasteiger partial charge in [0.05, 0.1) is 23.3 Å². The fourth-order valence-electron chi connectivity index (χ4n) is 2.33. The second-order valence-electron chi connectivity index (χ2n) is 4.92. The van der Waals surface area contributed by atoms with Crippen LogP contribution < -0.4 is 0 Å². The molecule has 1 aliphatic rings. The molecule has 1 aliphatic heterocycles. The van der Waals surface area contributed by atoms with Crippen LogP contribution in [-0.2, 0) is 11.3 Å². The lowest BCUT2D eigenvalue weighted by atomic mass is 10.2. The van der Waals surface area contributed by atoms with E-state index >= 15 is 0 Å². The van der Waals surface area contributed by atoms with E-state index < -0.39 is 0 Å². The van der Waals surface area contributed by atoms with Gasteiger partial charge in [-0.3, -0.25) is 4.90 Å². The number of hydrogen-bond donors (Lipinski definition) is 0. The van der Waals surface area contributed by atoms with Gasteiger partial charge >= 0.3 is 0 Å². The third kappa shape index (κ3) is 2.88. The van der Waals surface area contributed by atoms with E-state index in [9.17, 15) is 0 Å². The number of ether oxygens (including phenoxy) is 1. The Labute approximate surface area is 117 Å². The molecule has 0 radical (unpaired) electrons. The van der Waals surface area contributed by atoms with Crippen LogP contribution in [0.5, 0.6) is 0 Å². The highest BCUT2D eigenvalue weighted by Crippen LogP contribution is 2.26. The molecule has 0 aromatic carbocycles. The molecule has 0 saturated carbocycles. The molecule has 1 atom stereocenters. The molecule has 0 unspecified atom stereocenters. The summed E-state index contributed by atoms with van der Waals surface area (Å²) in [7, 11) is 0. The number of aryl methyl sites for hydroxylation is 1. The van der Waals surface area contributed by atoms with Crippen molar-refractivity contribution >= 4 is 11.3 Å². The van der Waals surface area contributed by atoms with E-state index in [-0.39, 0.29) is 0 Å². The summed E-state index contributed by atoms with van der Waals surface area (Å²) in [5.74, 6) is 1.66. The summed E-state index contributed by atoms with van der Waals surface area (Å²) in [6, 6.07) is 4.05. The molecule has 3 heterocycles. The standard InChI is InChI=1S/C14H18N2O2S/c1-10-8-16(5-6-17-10)9-12-11(2)18-14(15-12)13-4-3-7-19-13/h3-4,7,10H,5-6,8-9H2,1-2H3/t10-/m1/s1. The minimum absolute atomic E-state index is 0.303. The molecule has 102 valence electrons. The van der Waals surface area contributed by atoms with E-state index in [0.29, 0.717) is 6.10 Å². The third-order valence-electron chi connectivity index (χ3n) is 3.32. The summed E-state index contributed by atoms with van der Waals surface area (Å²) in [5, 5.41) is 2.04. The number of nitrogens with zero attached hydrogens (tertiary/aromatic N) is 2. The molecule has 0 amide bonds. The molecule has 3 rings (SSSR count). The third-order valence-corrected chi connectivity index (χ3v) is 4.18. The van der Waals surface area contributed by atoms with E-state index in [1.54, 1.807) is 11.3 Å². The minimum Gasteiger partial charge on any atom is -0.440 e. The first-order valence-electron chi connectivity index (χ1n) is 6.56. The van der Waals surface area contributed by atoms with Gasteiger partial charge in [0.15, 0.2) is 0 Å². The van der Waals surface area contributed by atoms with Crippen molar-refractivity contribution in [3.05, 3.63) is 29.0 Å². The lowest BCUT2D eigenvalue weighted by molar-refractivity contribution is -0.0216. The predicted molar refractivity (Wildman–Crippen MR) is 75.2 cm³/mol. The van der Waals surface area contributed by atoms with Gasteiger partial charge in [0, 0.05) is 19.6 Å². The van der Waals surface area contributed by atoms with E-state index in [0.717, 1.165) is 48.5 Å². The van der Waals surface area contributed by atoms with Gasteiger partial charge in [-0.15, -0.1) is 11.3 Å². The van der Waals surface area contributed by atoms with Crippen molar-refractivity contribution in [3.8, 4) is 10.8 Å². The van der Waals surface area contributed by atoms with Gasteiger partial charge in [-0.2, -0.15) is 0 Å². The lowest BCUT2D eigenvalue weighted by Gasteiger charge is -2.30. The van der Waals surface area contributed by atoms with E-state index in [1.165, 1.54) is 0 Å². The van der Waals surface area contributed by atoms with Crippen molar-refractivity contribution in [1.82, 2.24) is 9.88 Å². The monoisotopic (exact) mass is 278 g/mol. The normalized spacial score (nSPS) is 20.8. The summed E-state index contributed by atoms with van der Waals surface area (Å²) < 4.78 is 11.3. The van der Waals surface area contributed by atoms with Gasteiger partial charge in [0.1, 0.15) is 5.76 Å². The van der Waals surface area contributed by atoms with Crippen LogP contribution in [0.25, 0.3) is 10.8 Å². The minimum atomic E-state index is 0.303. The molecule has 0 spiro atoms. The van der Waals surface area contributed by atoms with Gasteiger partial charge in [-0.25, -0.2) is 4.98 Å². The fraction of sp³-hybridized carbons (Fsp3) is 0.500. The zero-order valence-corrected chi connectivity index (χ0v) is 12.1. The van der Waals surface area contributed by atoms with Crippen LogP contribution in [0, 0.1) is 6.92 Å². The van der Waals surface area contributed by atoms with Crippen molar-refractivity contribution in [2.75, 3.05) is 19.7 Å². The highest BCUT2D eigenvalue weighted by atomic mass is 32.1. The molecule has 5 heteroatoms. The number of rotatable bonds is 3. The maximum absolute atomic E-state index is 5.77. The number of thiophene rings is 1. The molecule has 2 aromatic rings. The Hall–Kier alpha value is -1.17. The van der Waals surface area contributed by atoms with Gasteiger partial charge in [-0.05, 0) is 25.3 Å². The average Bonchev–Trinajstić information content (AvgIpc) is 3.00. The first-order chi connectivity index (χ1) is 9.22. The highest BCUT2D eigenvalue weighted by molar-refractivity contribution is 7.13. The maximum atomic E-state index is 5.77. The van der Waals surface area contributed by atoms with Crippen LogP contribution in [0.4, 0.5) is 0 Å². The summed E-state index contributed by atoms with van der Waals surface area (Å²) in [5.41, 5.74) is 1.04. The summed E-state index contributed by atoms with van der Waals surface area (Å²) in [6.45, 7) is 7.66. The van der Waals surface area contributed by atoms with Crippen LogP contribution in [-0.4, -0.2) is 35.7 Å². The Morgan fingerprint density at radius 3 is 3.16 bits per heavy atom. The van der Waals surface area contributed by atoms with Crippen LogP contribution >= 0.6 is 11.3 Å². The molecule has 1 fully saturated rings. The smallest absolute Gasteiger partial charge is 0.236 e. The van der Waals surface area contributed by atoms with Gasteiger partial charge in [-0.1, -0.05) is 6.07 Å². The molecule has 1 saturated heterocycles. The zero-order chi connectivity index (χ0) is 13.2. The van der Waals surface area contributed by atoms with Crippen molar-refractivity contribution in [3.63, 3.8) is 0 Å². The van der Waals surface area contributed by atoms with Gasteiger partial charge in [0.25, 0.3) is 0 Å². The molecule has 0 aliphatic carbocycles. The number of aromatic nitrogens is 1. The summed E-state index contributed by atoms with van der Waals surface area (Å²) >= 11 is 1.65. The molecular formula is C14H18N2O2S. The van der Waals surface area contributed by atoms with Gasteiger partial charge < -0.3 is 9.15 Å². The Bertz CT molecular complexity index is 536. The molecule has 4 nitrogen and oxygen atoms in total.